The lowest BCUT2D eigenvalue weighted by atomic mass is 9.75. The number of piperidine rings is 1. The van der Waals surface area contributed by atoms with Crippen LogP contribution in [0.2, 0.25) is 0 Å². The molecular formula is C17H27FN2. The third kappa shape index (κ3) is 3.80. The predicted octanol–water partition coefficient (Wildman–Crippen LogP) is 3.54. The van der Waals surface area contributed by atoms with Crippen LogP contribution in [0.5, 0.6) is 0 Å². The summed E-state index contributed by atoms with van der Waals surface area (Å²) in [5, 5.41) is 0. The topological polar surface area (TPSA) is 29.3 Å². The molecule has 2 nitrogen and oxygen atoms in total. The lowest BCUT2D eigenvalue weighted by Gasteiger charge is -2.39. The Balaban J connectivity index is 1.96. The van der Waals surface area contributed by atoms with Crippen molar-refractivity contribution in [2.24, 2.45) is 17.1 Å². The highest BCUT2D eigenvalue weighted by Gasteiger charge is 2.28. The molecule has 1 aromatic carbocycles. The summed E-state index contributed by atoms with van der Waals surface area (Å²) in [6.07, 6.45) is 2.51. The lowest BCUT2D eigenvalue weighted by molar-refractivity contribution is 0.108. The van der Waals surface area contributed by atoms with Crippen LogP contribution in [0.3, 0.4) is 0 Å². The standard InChI is InChI=1S/C17H27FN2/c1-17(2,3)15-6-8-20(9-7-15)12-13-4-5-16(18)10-14(13)11-19/h4-5,10,15H,6-9,11-12,19H2,1-3H3. The molecule has 1 aromatic rings. The Morgan fingerprint density at radius 1 is 1.20 bits per heavy atom. The molecule has 0 atom stereocenters. The van der Waals surface area contributed by atoms with Crippen molar-refractivity contribution in [3.8, 4) is 0 Å². The van der Waals surface area contributed by atoms with Gasteiger partial charge in [-0.2, -0.15) is 0 Å². The Hall–Kier alpha value is -0.930. The molecule has 0 aromatic heterocycles. The molecule has 112 valence electrons. The zero-order chi connectivity index (χ0) is 14.8. The minimum atomic E-state index is -0.194. The predicted molar refractivity (Wildman–Crippen MR) is 81.7 cm³/mol. The van der Waals surface area contributed by atoms with E-state index < -0.39 is 0 Å². The molecule has 0 aliphatic carbocycles. The Labute approximate surface area is 122 Å². The first-order valence-electron chi connectivity index (χ1n) is 7.60. The van der Waals surface area contributed by atoms with Crippen molar-refractivity contribution in [3.63, 3.8) is 0 Å². The highest BCUT2D eigenvalue weighted by Crippen LogP contribution is 2.34. The van der Waals surface area contributed by atoms with E-state index in [9.17, 15) is 4.39 Å². The fraction of sp³-hybridized carbons (Fsp3) is 0.647. The molecule has 0 bridgehead atoms. The van der Waals surface area contributed by atoms with Crippen LogP contribution in [0.15, 0.2) is 18.2 Å². The molecule has 2 N–H and O–H groups in total. The molecule has 0 unspecified atom stereocenters. The molecule has 1 saturated heterocycles. The molecule has 1 aliphatic rings. The highest BCUT2D eigenvalue weighted by molar-refractivity contribution is 5.27. The van der Waals surface area contributed by atoms with E-state index in [1.807, 2.05) is 6.07 Å². The number of benzene rings is 1. The summed E-state index contributed by atoms with van der Waals surface area (Å²) in [5.74, 6) is 0.613. The first-order valence-corrected chi connectivity index (χ1v) is 7.60. The van der Waals surface area contributed by atoms with Crippen LogP contribution in [0.25, 0.3) is 0 Å². The van der Waals surface area contributed by atoms with Gasteiger partial charge in [-0.1, -0.05) is 26.8 Å². The van der Waals surface area contributed by atoms with Crippen LogP contribution in [0.4, 0.5) is 4.39 Å². The molecular weight excluding hydrogens is 251 g/mol. The normalized spacial score (nSPS) is 18.4. The molecule has 0 spiro atoms. The first kappa shape index (κ1) is 15.5. The number of rotatable bonds is 3. The van der Waals surface area contributed by atoms with Gasteiger partial charge in [0.1, 0.15) is 5.82 Å². The van der Waals surface area contributed by atoms with Crippen molar-refractivity contribution >= 4 is 0 Å². The fourth-order valence-electron chi connectivity index (χ4n) is 3.14. The zero-order valence-electron chi connectivity index (χ0n) is 13.0. The van der Waals surface area contributed by atoms with Crippen molar-refractivity contribution in [1.82, 2.24) is 4.90 Å². The van der Waals surface area contributed by atoms with Crippen LogP contribution in [0.1, 0.15) is 44.7 Å². The minimum Gasteiger partial charge on any atom is -0.326 e. The van der Waals surface area contributed by atoms with Crippen LogP contribution in [-0.2, 0) is 13.1 Å². The summed E-state index contributed by atoms with van der Waals surface area (Å²) >= 11 is 0. The SMILES string of the molecule is CC(C)(C)C1CCN(Cc2ccc(F)cc2CN)CC1. The molecule has 0 amide bonds. The summed E-state index contributed by atoms with van der Waals surface area (Å²) in [6, 6.07) is 4.99. The van der Waals surface area contributed by atoms with Gasteiger partial charge in [0, 0.05) is 13.1 Å². The van der Waals surface area contributed by atoms with Crippen molar-refractivity contribution in [2.75, 3.05) is 13.1 Å². The van der Waals surface area contributed by atoms with Gasteiger partial charge in [0.2, 0.25) is 0 Å². The Kier molecular flexibility index (Phi) is 4.82. The fourth-order valence-corrected chi connectivity index (χ4v) is 3.14. The Morgan fingerprint density at radius 3 is 2.40 bits per heavy atom. The van der Waals surface area contributed by atoms with Crippen LogP contribution < -0.4 is 5.73 Å². The maximum atomic E-state index is 13.2. The number of halogens is 1. The summed E-state index contributed by atoms with van der Waals surface area (Å²) < 4.78 is 13.2. The van der Waals surface area contributed by atoms with E-state index in [4.69, 9.17) is 5.73 Å². The van der Waals surface area contributed by atoms with Gasteiger partial charge in [-0.3, -0.25) is 4.90 Å². The van der Waals surface area contributed by atoms with Gasteiger partial charge >= 0.3 is 0 Å². The molecule has 2 rings (SSSR count). The second-order valence-electron chi connectivity index (χ2n) is 7.03. The summed E-state index contributed by atoms with van der Waals surface area (Å²) in [5.41, 5.74) is 8.23. The summed E-state index contributed by atoms with van der Waals surface area (Å²) in [7, 11) is 0. The average Bonchev–Trinajstić information content (AvgIpc) is 2.40. The monoisotopic (exact) mass is 278 g/mol. The average molecular weight is 278 g/mol. The second kappa shape index (κ2) is 6.23. The first-order chi connectivity index (χ1) is 9.40. The van der Waals surface area contributed by atoms with E-state index in [-0.39, 0.29) is 5.82 Å². The third-order valence-electron chi connectivity index (χ3n) is 4.59. The zero-order valence-corrected chi connectivity index (χ0v) is 13.0. The number of nitrogens with two attached hydrogens (primary N) is 1. The molecule has 3 heteroatoms. The highest BCUT2D eigenvalue weighted by atomic mass is 19.1. The number of likely N-dealkylation sites (tertiary alicyclic amines) is 1. The minimum absolute atomic E-state index is 0.194. The van der Waals surface area contributed by atoms with E-state index in [1.165, 1.54) is 24.5 Å². The second-order valence-corrected chi connectivity index (χ2v) is 7.03. The smallest absolute Gasteiger partial charge is 0.123 e. The summed E-state index contributed by atoms with van der Waals surface area (Å²) in [6.45, 7) is 10.6. The van der Waals surface area contributed by atoms with E-state index in [0.29, 0.717) is 12.0 Å². The molecule has 20 heavy (non-hydrogen) atoms. The third-order valence-corrected chi connectivity index (χ3v) is 4.59. The van der Waals surface area contributed by atoms with Gasteiger partial charge in [-0.05, 0) is 60.5 Å². The van der Waals surface area contributed by atoms with Gasteiger partial charge in [0.15, 0.2) is 0 Å². The van der Waals surface area contributed by atoms with Gasteiger partial charge in [0.25, 0.3) is 0 Å². The quantitative estimate of drug-likeness (QED) is 0.916. The van der Waals surface area contributed by atoms with E-state index in [1.54, 1.807) is 6.07 Å². The van der Waals surface area contributed by atoms with E-state index in [0.717, 1.165) is 31.1 Å². The Bertz CT molecular complexity index is 443. The molecule has 1 heterocycles. The number of nitrogens with zero attached hydrogens (tertiary/aromatic N) is 1. The molecule has 0 radical (unpaired) electrons. The van der Waals surface area contributed by atoms with Crippen molar-refractivity contribution in [2.45, 2.75) is 46.7 Å². The van der Waals surface area contributed by atoms with Crippen molar-refractivity contribution in [3.05, 3.63) is 35.1 Å². The molecule has 1 aliphatic heterocycles. The van der Waals surface area contributed by atoms with Gasteiger partial charge in [-0.25, -0.2) is 4.39 Å². The van der Waals surface area contributed by atoms with E-state index >= 15 is 0 Å². The number of hydrogen-bond donors (Lipinski definition) is 1. The Morgan fingerprint density at radius 2 is 1.85 bits per heavy atom. The van der Waals surface area contributed by atoms with Gasteiger partial charge in [0.05, 0.1) is 0 Å². The summed E-state index contributed by atoms with van der Waals surface area (Å²) in [4.78, 5) is 2.47. The van der Waals surface area contributed by atoms with Crippen LogP contribution in [-0.4, -0.2) is 18.0 Å². The van der Waals surface area contributed by atoms with E-state index in [2.05, 4.69) is 25.7 Å². The molecule has 0 saturated carbocycles. The lowest BCUT2D eigenvalue weighted by Crippen LogP contribution is -2.37. The number of hydrogen-bond acceptors (Lipinski definition) is 2. The van der Waals surface area contributed by atoms with Gasteiger partial charge in [-0.15, -0.1) is 0 Å². The van der Waals surface area contributed by atoms with Crippen molar-refractivity contribution < 1.29 is 4.39 Å². The maximum absolute atomic E-state index is 13.2. The van der Waals surface area contributed by atoms with Gasteiger partial charge < -0.3 is 5.73 Å². The molecule has 1 fully saturated rings. The van der Waals surface area contributed by atoms with Crippen LogP contribution >= 0.6 is 0 Å². The van der Waals surface area contributed by atoms with Crippen LogP contribution in [0, 0.1) is 17.2 Å². The maximum Gasteiger partial charge on any atom is 0.123 e. The largest absolute Gasteiger partial charge is 0.326 e. The van der Waals surface area contributed by atoms with Crippen molar-refractivity contribution in [1.29, 1.82) is 0 Å².